The molecule has 2 unspecified atom stereocenters. The lowest BCUT2D eigenvalue weighted by Gasteiger charge is -2.41. The summed E-state index contributed by atoms with van der Waals surface area (Å²) in [7, 11) is -3.76. The molecule has 0 saturated heterocycles. The average molecular weight is 562 g/mol. The third kappa shape index (κ3) is 3.90. The molecule has 7 rings (SSSR count). The van der Waals surface area contributed by atoms with Crippen LogP contribution in [0.4, 0.5) is 5.69 Å². The van der Waals surface area contributed by atoms with Crippen molar-refractivity contribution in [2.24, 2.45) is 0 Å². The number of hydrogen-bond donors (Lipinski definition) is 2. The summed E-state index contributed by atoms with van der Waals surface area (Å²) in [4.78, 5) is 2.14. The molecular weight excluding hydrogens is 533 g/mol. The van der Waals surface area contributed by atoms with E-state index in [9.17, 15) is 10.2 Å². The zero-order valence-corrected chi connectivity index (χ0v) is 23.3. The first kappa shape index (κ1) is 25.3. The molecule has 2 aliphatic heterocycles. The van der Waals surface area contributed by atoms with Crippen LogP contribution in [0.2, 0.25) is 0 Å². The maximum atomic E-state index is 15.6. The molecule has 0 spiro atoms. The molecule has 0 amide bonds. The fourth-order valence-electron chi connectivity index (χ4n) is 5.92. The Hall–Kier alpha value is -4.67. The van der Waals surface area contributed by atoms with Crippen molar-refractivity contribution in [3.63, 3.8) is 0 Å². The summed E-state index contributed by atoms with van der Waals surface area (Å²) < 4.78 is 28.1. The number of benzene rings is 5. The molecule has 5 aromatic rings. The molecule has 6 nitrogen and oxygen atoms in total. The summed E-state index contributed by atoms with van der Waals surface area (Å²) in [5.74, 6) is 0.910. The SMILES string of the molecule is CC(c1ccc(N2COc3ccccc3C2)cc1)(c1ccc(O)c(O)c1)P1(=O)Oc2ccccc2-c2ccccc21. The number of ether oxygens (including phenoxy) is 1. The van der Waals surface area contributed by atoms with Crippen molar-refractivity contribution >= 4 is 18.4 Å². The van der Waals surface area contributed by atoms with Gasteiger partial charge in [0, 0.05) is 23.4 Å². The third-order valence-corrected chi connectivity index (χ3v) is 11.4. The van der Waals surface area contributed by atoms with Gasteiger partial charge in [0.05, 0.1) is 5.30 Å². The second-order valence-corrected chi connectivity index (χ2v) is 13.2. The number of phenolic OH excluding ortho intramolecular Hbond substituents is 2. The molecular formula is C34H28NO5P. The molecule has 2 N–H and O–H groups in total. The van der Waals surface area contributed by atoms with E-state index in [2.05, 4.69) is 11.0 Å². The summed E-state index contributed by atoms with van der Waals surface area (Å²) in [6, 6.07) is 35.8. The Morgan fingerprint density at radius 1 is 0.732 bits per heavy atom. The molecule has 7 heteroatoms. The van der Waals surface area contributed by atoms with E-state index in [0.29, 0.717) is 29.9 Å². The van der Waals surface area contributed by atoms with Crippen molar-refractivity contribution in [2.45, 2.75) is 18.6 Å². The molecule has 0 aliphatic carbocycles. The van der Waals surface area contributed by atoms with Gasteiger partial charge in [0.1, 0.15) is 16.7 Å². The molecule has 2 aliphatic rings. The molecule has 0 aromatic heterocycles. The van der Waals surface area contributed by atoms with E-state index < -0.39 is 12.5 Å². The van der Waals surface area contributed by atoms with E-state index in [1.165, 1.54) is 12.1 Å². The standard InChI is InChI=1S/C34H28NO5P/c1-34(25-16-19-29(36)30(37)20-25,41(38)33-13-7-4-10-28(33)27-9-3-6-12-32(27)40-41)24-14-17-26(18-15-24)35-21-23-8-2-5-11-31(23)39-22-35/h2-20,36-37H,21-22H2,1H3. The van der Waals surface area contributed by atoms with Gasteiger partial charge < -0.3 is 24.4 Å². The van der Waals surface area contributed by atoms with Gasteiger partial charge in [0.2, 0.25) is 0 Å². The first-order chi connectivity index (χ1) is 19.9. The highest BCUT2D eigenvalue weighted by atomic mass is 31.2. The maximum absolute atomic E-state index is 15.6. The second kappa shape index (κ2) is 9.46. The number of anilines is 1. The van der Waals surface area contributed by atoms with Crippen molar-refractivity contribution in [1.29, 1.82) is 0 Å². The van der Waals surface area contributed by atoms with Gasteiger partial charge in [-0.25, -0.2) is 0 Å². The van der Waals surface area contributed by atoms with Crippen LogP contribution in [0.25, 0.3) is 11.1 Å². The Labute approximate surface area is 238 Å². The molecule has 41 heavy (non-hydrogen) atoms. The van der Waals surface area contributed by atoms with Crippen LogP contribution >= 0.6 is 7.37 Å². The van der Waals surface area contributed by atoms with Crippen molar-refractivity contribution < 1.29 is 24.0 Å². The number of hydrogen-bond acceptors (Lipinski definition) is 6. The van der Waals surface area contributed by atoms with Gasteiger partial charge in [0.15, 0.2) is 18.2 Å². The van der Waals surface area contributed by atoms with Gasteiger partial charge >= 0.3 is 0 Å². The first-order valence-electron chi connectivity index (χ1n) is 13.5. The topological polar surface area (TPSA) is 79.2 Å². The predicted octanol–water partition coefficient (Wildman–Crippen LogP) is 7.38. The summed E-state index contributed by atoms with van der Waals surface area (Å²) in [5, 5.41) is 20.1. The quantitative estimate of drug-likeness (QED) is 0.176. The Morgan fingerprint density at radius 2 is 1.39 bits per heavy atom. The van der Waals surface area contributed by atoms with Gasteiger partial charge in [-0.15, -0.1) is 0 Å². The summed E-state index contributed by atoms with van der Waals surface area (Å²) in [6.45, 7) is 3.02. The summed E-state index contributed by atoms with van der Waals surface area (Å²) in [5.41, 5.74) is 5.13. The molecule has 5 aromatic carbocycles. The molecule has 0 fully saturated rings. The minimum absolute atomic E-state index is 0.245. The monoisotopic (exact) mass is 561 g/mol. The Balaban J connectivity index is 1.38. The highest BCUT2D eigenvalue weighted by Gasteiger charge is 2.54. The fourth-order valence-corrected chi connectivity index (χ4v) is 8.88. The van der Waals surface area contributed by atoms with Crippen LogP contribution in [-0.2, 0) is 16.3 Å². The minimum atomic E-state index is -3.76. The van der Waals surface area contributed by atoms with Gasteiger partial charge in [-0.3, -0.25) is 4.57 Å². The highest BCUT2D eigenvalue weighted by Crippen LogP contribution is 2.69. The third-order valence-electron chi connectivity index (χ3n) is 8.26. The Kier molecular flexibility index (Phi) is 5.84. The lowest BCUT2D eigenvalue weighted by Crippen LogP contribution is -2.34. The van der Waals surface area contributed by atoms with Crippen LogP contribution in [0, 0.1) is 0 Å². The number of phenols is 2. The molecule has 0 radical (unpaired) electrons. The molecule has 2 heterocycles. The predicted molar refractivity (Wildman–Crippen MR) is 161 cm³/mol. The van der Waals surface area contributed by atoms with E-state index in [1.807, 2.05) is 97.9 Å². The smallest absolute Gasteiger partial charge is 0.292 e. The molecule has 0 saturated carbocycles. The van der Waals surface area contributed by atoms with E-state index in [1.54, 1.807) is 6.07 Å². The second-order valence-electron chi connectivity index (χ2n) is 10.6. The minimum Gasteiger partial charge on any atom is -0.504 e. The zero-order valence-electron chi connectivity index (χ0n) is 22.4. The zero-order chi connectivity index (χ0) is 28.2. The van der Waals surface area contributed by atoms with Crippen LogP contribution < -0.4 is 19.5 Å². The van der Waals surface area contributed by atoms with E-state index >= 15 is 4.57 Å². The fraction of sp³-hybridized carbons (Fsp3) is 0.118. The number of fused-ring (bicyclic) bond motifs is 4. The van der Waals surface area contributed by atoms with Crippen molar-refractivity contribution in [2.75, 3.05) is 11.6 Å². The summed E-state index contributed by atoms with van der Waals surface area (Å²) in [6.07, 6.45) is 0. The van der Waals surface area contributed by atoms with E-state index in [0.717, 1.165) is 33.7 Å². The maximum Gasteiger partial charge on any atom is 0.292 e. The number of para-hydroxylation sites is 2. The molecule has 2 atom stereocenters. The first-order valence-corrected chi connectivity index (χ1v) is 15.1. The van der Waals surface area contributed by atoms with Gasteiger partial charge in [-0.05, 0) is 66.1 Å². The molecule has 0 bridgehead atoms. The van der Waals surface area contributed by atoms with Crippen molar-refractivity contribution in [3.8, 4) is 34.1 Å². The highest BCUT2D eigenvalue weighted by molar-refractivity contribution is 7.69. The number of nitrogens with zero attached hydrogens (tertiary/aromatic N) is 1. The summed E-state index contributed by atoms with van der Waals surface area (Å²) >= 11 is 0. The number of aromatic hydroxyl groups is 2. The van der Waals surface area contributed by atoms with E-state index in [-0.39, 0.29) is 11.5 Å². The van der Waals surface area contributed by atoms with Crippen LogP contribution in [0.3, 0.4) is 0 Å². The lowest BCUT2D eigenvalue weighted by molar-refractivity contribution is 0.289. The Bertz CT molecular complexity index is 1840. The van der Waals surface area contributed by atoms with E-state index in [4.69, 9.17) is 9.26 Å². The van der Waals surface area contributed by atoms with Crippen LogP contribution in [0.5, 0.6) is 23.0 Å². The van der Waals surface area contributed by atoms with Gasteiger partial charge in [-0.2, -0.15) is 0 Å². The average Bonchev–Trinajstić information content (AvgIpc) is 3.02. The van der Waals surface area contributed by atoms with Crippen LogP contribution in [0.15, 0.2) is 115 Å². The van der Waals surface area contributed by atoms with Gasteiger partial charge in [-0.1, -0.05) is 72.8 Å². The Morgan fingerprint density at radius 3 is 2.17 bits per heavy atom. The van der Waals surface area contributed by atoms with Crippen LogP contribution in [-0.4, -0.2) is 16.9 Å². The normalized spacial score (nSPS) is 18.6. The van der Waals surface area contributed by atoms with Gasteiger partial charge in [0.25, 0.3) is 7.37 Å². The number of rotatable bonds is 4. The van der Waals surface area contributed by atoms with Crippen molar-refractivity contribution in [3.05, 3.63) is 132 Å². The van der Waals surface area contributed by atoms with Crippen molar-refractivity contribution in [1.82, 2.24) is 0 Å². The molecule has 204 valence electrons. The van der Waals surface area contributed by atoms with Crippen LogP contribution in [0.1, 0.15) is 23.6 Å². The largest absolute Gasteiger partial charge is 0.504 e. The lowest BCUT2D eigenvalue weighted by atomic mass is 9.91.